The molecular formula is C14H27NO3. The highest BCUT2D eigenvalue weighted by molar-refractivity contribution is 5.45. The van der Waals surface area contributed by atoms with Gasteiger partial charge in [-0.3, -0.25) is 4.79 Å². The fourth-order valence-electron chi connectivity index (χ4n) is 1.58. The highest BCUT2D eigenvalue weighted by Gasteiger charge is 2.01. The molecule has 1 unspecified atom stereocenters. The Kier molecular flexibility index (Phi) is 13.5. The largest absolute Gasteiger partial charge is 0.377 e. The summed E-state index contributed by atoms with van der Waals surface area (Å²) in [6, 6.07) is 0. The number of rotatable bonds is 14. The predicted octanol–water partition coefficient (Wildman–Crippen LogP) is 2.29. The maximum atomic E-state index is 9.95. The van der Waals surface area contributed by atoms with Crippen LogP contribution in [0.25, 0.3) is 0 Å². The van der Waals surface area contributed by atoms with E-state index >= 15 is 0 Å². The average molecular weight is 257 g/mol. The molecule has 0 bridgehead atoms. The Morgan fingerprint density at radius 2 is 2.06 bits per heavy atom. The van der Waals surface area contributed by atoms with Gasteiger partial charge in [-0.2, -0.15) is 0 Å². The first-order chi connectivity index (χ1) is 8.81. The molecule has 4 heteroatoms. The quantitative estimate of drug-likeness (QED) is 0.295. The number of allylic oxidation sites excluding steroid dienone is 1. The molecular weight excluding hydrogens is 230 g/mol. The number of hydrogen-bond acceptors (Lipinski definition) is 3. The van der Waals surface area contributed by atoms with Crippen LogP contribution in [-0.2, 0) is 14.3 Å². The molecule has 106 valence electrons. The van der Waals surface area contributed by atoms with E-state index in [-0.39, 0.29) is 0 Å². The second-order valence-electron chi connectivity index (χ2n) is 4.29. The van der Waals surface area contributed by atoms with Gasteiger partial charge in [0, 0.05) is 6.54 Å². The normalized spacial score (nSPS) is 12.1. The molecule has 0 aromatic carbocycles. The van der Waals surface area contributed by atoms with Crippen molar-refractivity contribution < 1.29 is 14.3 Å². The van der Waals surface area contributed by atoms with Gasteiger partial charge in [0.05, 0.1) is 25.9 Å². The average Bonchev–Trinajstić information content (AvgIpc) is 2.37. The fourth-order valence-corrected chi connectivity index (χ4v) is 1.58. The second kappa shape index (κ2) is 14.2. The third-order valence-electron chi connectivity index (χ3n) is 2.62. The molecule has 0 aromatic heterocycles. The molecule has 0 radical (unpaired) electrons. The SMILES string of the molecule is C=CCCCCCC(C)OCCOCCNC=O. The van der Waals surface area contributed by atoms with E-state index in [0.29, 0.717) is 38.9 Å². The van der Waals surface area contributed by atoms with Crippen LogP contribution in [0, 0.1) is 0 Å². The Hall–Kier alpha value is -0.870. The van der Waals surface area contributed by atoms with Crippen molar-refractivity contribution in [2.24, 2.45) is 0 Å². The molecule has 1 amide bonds. The lowest BCUT2D eigenvalue weighted by atomic mass is 10.1. The van der Waals surface area contributed by atoms with E-state index in [1.54, 1.807) is 0 Å². The van der Waals surface area contributed by atoms with Crippen LogP contribution in [0.3, 0.4) is 0 Å². The van der Waals surface area contributed by atoms with Crippen molar-refractivity contribution in [1.29, 1.82) is 0 Å². The van der Waals surface area contributed by atoms with Crippen LogP contribution in [0.2, 0.25) is 0 Å². The van der Waals surface area contributed by atoms with Gasteiger partial charge in [-0.05, 0) is 26.2 Å². The summed E-state index contributed by atoms with van der Waals surface area (Å²) in [5.74, 6) is 0. The summed E-state index contributed by atoms with van der Waals surface area (Å²) in [5, 5.41) is 2.54. The molecule has 0 spiro atoms. The van der Waals surface area contributed by atoms with Gasteiger partial charge in [0.2, 0.25) is 6.41 Å². The van der Waals surface area contributed by atoms with E-state index < -0.39 is 0 Å². The number of nitrogens with one attached hydrogen (secondary N) is 1. The van der Waals surface area contributed by atoms with E-state index in [2.05, 4.69) is 18.8 Å². The van der Waals surface area contributed by atoms with Crippen molar-refractivity contribution in [3.8, 4) is 0 Å². The lowest BCUT2D eigenvalue weighted by molar-refractivity contribution is -0.109. The Labute approximate surface area is 111 Å². The maximum Gasteiger partial charge on any atom is 0.207 e. The van der Waals surface area contributed by atoms with Crippen molar-refractivity contribution in [1.82, 2.24) is 5.32 Å². The van der Waals surface area contributed by atoms with Crippen LogP contribution in [0.1, 0.15) is 39.0 Å². The molecule has 4 nitrogen and oxygen atoms in total. The predicted molar refractivity (Wildman–Crippen MR) is 73.6 cm³/mol. The van der Waals surface area contributed by atoms with Crippen molar-refractivity contribution >= 4 is 6.41 Å². The van der Waals surface area contributed by atoms with Crippen molar-refractivity contribution in [2.75, 3.05) is 26.4 Å². The monoisotopic (exact) mass is 257 g/mol. The van der Waals surface area contributed by atoms with Crippen LogP contribution in [-0.4, -0.2) is 38.9 Å². The lowest BCUT2D eigenvalue weighted by Crippen LogP contribution is -2.19. The number of hydrogen-bond donors (Lipinski definition) is 1. The maximum absolute atomic E-state index is 9.95. The highest BCUT2D eigenvalue weighted by Crippen LogP contribution is 2.08. The first kappa shape index (κ1) is 17.1. The Morgan fingerprint density at radius 1 is 1.22 bits per heavy atom. The first-order valence-electron chi connectivity index (χ1n) is 6.78. The van der Waals surface area contributed by atoms with Crippen LogP contribution >= 0.6 is 0 Å². The number of carbonyl (C=O) groups is 1. The number of unbranched alkanes of at least 4 members (excludes halogenated alkanes) is 3. The summed E-state index contributed by atoms with van der Waals surface area (Å²) in [5.41, 5.74) is 0. The summed E-state index contributed by atoms with van der Waals surface area (Å²) in [6.45, 7) is 8.11. The lowest BCUT2D eigenvalue weighted by Gasteiger charge is -2.12. The highest BCUT2D eigenvalue weighted by atomic mass is 16.5. The van der Waals surface area contributed by atoms with Crippen molar-refractivity contribution in [3.05, 3.63) is 12.7 Å². The van der Waals surface area contributed by atoms with Crippen LogP contribution in [0.4, 0.5) is 0 Å². The summed E-state index contributed by atoms with van der Waals surface area (Å²) in [6.07, 6.45) is 8.83. The molecule has 1 N–H and O–H groups in total. The summed E-state index contributed by atoms with van der Waals surface area (Å²) < 4.78 is 10.9. The standard InChI is InChI=1S/C14H27NO3/c1-3-4-5-6-7-8-14(2)18-12-11-17-10-9-15-13-16/h3,13-14H,1,4-12H2,2H3,(H,15,16). The van der Waals surface area contributed by atoms with E-state index in [9.17, 15) is 4.79 Å². The molecule has 0 saturated carbocycles. The zero-order valence-corrected chi connectivity index (χ0v) is 11.5. The number of carbonyl (C=O) groups excluding carboxylic acids is 1. The number of ether oxygens (including phenoxy) is 2. The molecule has 18 heavy (non-hydrogen) atoms. The van der Waals surface area contributed by atoms with Crippen molar-refractivity contribution in [3.63, 3.8) is 0 Å². The third-order valence-corrected chi connectivity index (χ3v) is 2.62. The minimum Gasteiger partial charge on any atom is -0.377 e. The van der Waals surface area contributed by atoms with Gasteiger partial charge >= 0.3 is 0 Å². The van der Waals surface area contributed by atoms with E-state index in [0.717, 1.165) is 12.8 Å². The Bertz CT molecular complexity index is 197. The molecule has 0 aromatic rings. The first-order valence-corrected chi connectivity index (χ1v) is 6.78. The van der Waals surface area contributed by atoms with Gasteiger partial charge in [-0.25, -0.2) is 0 Å². The molecule has 1 atom stereocenters. The summed E-state index contributed by atoms with van der Waals surface area (Å²) in [4.78, 5) is 9.95. The van der Waals surface area contributed by atoms with Gasteiger partial charge < -0.3 is 14.8 Å². The van der Waals surface area contributed by atoms with Crippen molar-refractivity contribution in [2.45, 2.75) is 45.1 Å². The minimum absolute atomic E-state index is 0.297. The zero-order valence-electron chi connectivity index (χ0n) is 11.5. The van der Waals surface area contributed by atoms with Gasteiger partial charge in [-0.1, -0.05) is 18.9 Å². The van der Waals surface area contributed by atoms with Gasteiger partial charge in [0.1, 0.15) is 0 Å². The van der Waals surface area contributed by atoms with Crippen LogP contribution in [0.5, 0.6) is 0 Å². The third kappa shape index (κ3) is 13.2. The topological polar surface area (TPSA) is 47.6 Å². The van der Waals surface area contributed by atoms with Crippen LogP contribution < -0.4 is 5.32 Å². The molecule has 0 saturated heterocycles. The van der Waals surface area contributed by atoms with Gasteiger partial charge in [-0.15, -0.1) is 6.58 Å². The fraction of sp³-hybridized carbons (Fsp3) is 0.786. The van der Waals surface area contributed by atoms with Gasteiger partial charge in [0.15, 0.2) is 0 Å². The molecule has 0 aliphatic heterocycles. The Morgan fingerprint density at radius 3 is 2.78 bits per heavy atom. The molecule has 0 rings (SSSR count). The van der Waals surface area contributed by atoms with E-state index in [1.165, 1.54) is 19.3 Å². The van der Waals surface area contributed by atoms with Gasteiger partial charge in [0.25, 0.3) is 0 Å². The summed E-state index contributed by atoms with van der Waals surface area (Å²) in [7, 11) is 0. The number of amides is 1. The van der Waals surface area contributed by atoms with E-state index in [1.807, 2.05) is 6.08 Å². The van der Waals surface area contributed by atoms with Crippen LogP contribution in [0.15, 0.2) is 12.7 Å². The smallest absolute Gasteiger partial charge is 0.207 e. The minimum atomic E-state index is 0.297. The van der Waals surface area contributed by atoms with E-state index in [4.69, 9.17) is 9.47 Å². The summed E-state index contributed by atoms with van der Waals surface area (Å²) >= 11 is 0. The second-order valence-corrected chi connectivity index (χ2v) is 4.29. The molecule has 0 fully saturated rings. The molecule has 0 aliphatic carbocycles. The molecule has 0 heterocycles. The Balaban J connectivity index is 3.13. The zero-order chi connectivity index (χ0) is 13.5. The molecule has 0 aliphatic rings.